The Morgan fingerprint density at radius 2 is 1.64 bits per heavy atom. The number of amides is 2. The van der Waals surface area contributed by atoms with Crippen molar-refractivity contribution in [3.63, 3.8) is 0 Å². The molecule has 0 aromatic heterocycles. The molecule has 2 aromatic carbocycles. The lowest BCUT2D eigenvalue weighted by molar-refractivity contribution is -0.143. The first-order valence-electron chi connectivity index (χ1n) is 14.4. The van der Waals surface area contributed by atoms with Gasteiger partial charge in [-0.3, -0.25) is 14.4 Å². The smallest absolute Gasteiger partial charge is 0.347 e. The molecule has 238 valence electrons. The number of carbonyl (C=O) groups is 3. The van der Waals surface area contributed by atoms with Gasteiger partial charge in [-0.15, -0.1) is 0 Å². The molecule has 5 rings (SSSR count). The molecule has 44 heavy (non-hydrogen) atoms. The number of hydrogen-bond donors (Lipinski definition) is 3. The number of alkyl halides is 2. The zero-order valence-electron chi connectivity index (χ0n) is 23.7. The number of benzene rings is 2. The zero-order chi connectivity index (χ0) is 32.0. The topological polar surface area (TPSA) is 139 Å². The second kappa shape index (κ2) is 12.0. The number of nitrogens with one attached hydrogen (secondary N) is 2. The first-order valence-corrected chi connectivity index (χ1v) is 15.9. The van der Waals surface area contributed by atoms with Crippen molar-refractivity contribution in [1.82, 2.24) is 5.32 Å². The first-order chi connectivity index (χ1) is 20.7. The summed E-state index contributed by atoms with van der Waals surface area (Å²) in [6, 6.07) is 5.31. The van der Waals surface area contributed by atoms with Crippen molar-refractivity contribution in [2.45, 2.75) is 74.2 Å². The van der Waals surface area contributed by atoms with Crippen LogP contribution >= 0.6 is 0 Å². The molecule has 0 spiro atoms. The van der Waals surface area contributed by atoms with Crippen LogP contribution in [-0.4, -0.2) is 48.7 Å². The van der Waals surface area contributed by atoms with Gasteiger partial charge < -0.3 is 20.5 Å². The fourth-order valence-electron chi connectivity index (χ4n) is 6.68. The van der Waals surface area contributed by atoms with Gasteiger partial charge in [0.2, 0.25) is 15.7 Å². The Balaban J connectivity index is 1.30. The highest BCUT2D eigenvalue weighted by molar-refractivity contribution is 7.92. The molecule has 14 heteroatoms. The molecule has 4 atom stereocenters. The fourth-order valence-corrected chi connectivity index (χ4v) is 7.63. The minimum atomic E-state index is -4.98. The number of rotatable bonds is 9. The maximum atomic E-state index is 14.8. The standard InChI is InChI=1S/C30H32F4N2O7S/c1-30(33,34)44(41,42)20-4-2-3-18(12-20)35-28(38)25-16-5-6-17(11-16)26(25)36-27(37)21-13-24(23(32)14-22(21)31)43-19-9-7-15(8-10-19)29(39)40/h2-4,12-17,19,25-26H,5-11H2,1H3,(H,35,38)(H,36,37)(H,39,40)/t15?,16-,17+,19?,25+,26-/m1/s1. The molecular weight excluding hydrogens is 608 g/mol. The molecule has 2 amide bonds. The summed E-state index contributed by atoms with van der Waals surface area (Å²) < 4.78 is 86.9. The number of carboxylic acids is 1. The van der Waals surface area contributed by atoms with E-state index in [9.17, 15) is 45.5 Å². The van der Waals surface area contributed by atoms with E-state index in [4.69, 9.17) is 4.74 Å². The van der Waals surface area contributed by atoms with Crippen LogP contribution in [0.5, 0.6) is 5.75 Å². The molecule has 3 saturated carbocycles. The molecule has 0 saturated heterocycles. The quantitative estimate of drug-likeness (QED) is 0.322. The van der Waals surface area contributed by atoms with Gasteiger partial charge >= 0.3 is 11.2 Å². The van der Waals surface area contributed by atoms with Gasteiger partial charge in [-0.25, -0.2) is 17.2 Å². The number of carboxylic acid groups (broad SMARTS) is 1. The van der Waals surface area contributed by atoms with Gasteiger partial charge in [0.05, 0.1) is 28.4 Å². The lowest BCUT2D eigenvalue weighted by Crippen LogP contribution is -2.48. The van der Waals surface area contributed by atoms with Crippen LogP contribution in [0.25, 0.3) is 0 Å². The van der Waals surface area contributed by atoms with E-state index < -0.39 is 79.0 Å². The molecule has 0 unspecified atom stereocenters. The molecule has 2 bridgehead atoms. The van der Waals surface area contributed by atoms with Crippen LogP contribution in [-0.2, 0) is 19.4 Å². The van der Waals surface area contributed by atoms with E-state index in [0.29, 0.717) is 51.0 Å². The van der Waals surface area contributed by atoms with Gasteiger partial charge in [0.15, 0.2) is 11.6 Å². The van der Waals surface area contributed by atoms with Crippen LogP contribution in [0.15, 0.2) is 41.3 Å². The number of aliphatic carboxylic acids is 1. The van der Waals surface area contributed by atoms with Crippen molar-refractivity contribution in [3.05, 3.63) is 53.6 Å². The lowest BCUT2D eigenvalue weighted by atomic mass is 9.83. The van der Waals surface area contributed by atoms with Crippen molar-refractivity contribution in [2.75, 3.05) is 5.32 Å². The lowest BCUT2D eigenvalue weighted by Gasteiger charge is -2.31. The number of carbonyl (C=O) groups excluding carboxylic acids is 2. The molecule has 3 fully saturated rings. The minimum absolute atomic E-state index is 0.0167. The second-order valence-electron chi connectivity index (χ2n) is 11.9. The molecule has 3 N–H and O–H groups in total. The normalized spacial score (nSPS) is 26.7. The molecule has 2 aromatic rings. The molecule has 0 aliphatic heterocycles. The predicted octanol–water partition coefficient (Wildman–Crippen LogP) is 5.16. The van der Waals surface area contributed by atoms with E-state index >= 15 is 0 Å². The third kappa shape index (κ3) is 6.26. The summed E-state index contributed by atoms with van der Waals surface area (Å²) in [5.41, 5.74) is -0.502. The van der Waals surface area contributed by atoms with Gasteiger partial charge in [-0.05, 0) is 81.0 Å². The summed E-state index contributed by atoms with van der Waals surface area (Å²) in [5, 5.41) is 10.5. The maximum absolute atomic E-state index is 14.8. The van der Waals surface area contributed by atoms with Crippen molar-refractivity contribution in [3.8, 4) is 5.75 Å². The van der Waals surface area contributed by atoms with Crippen LogP contribution in [0.3, 0.4) is 0 Å². The Hall–Kier alpha value is -3.68. The fraction of sp³-hybridized carbons (Fsp3) is 0.500. The number of fused-ring (bicyclic) bond motifs is 2. The Kier molecular flexibility index (Phi) is 8.67. The van der Waals surface area contributed by atoms with E-state index in [-0.39, 0.29) is 30.2 Å². The third-order valence-electron chi connectivity index (χ3n) is 8.98. The highest BCUT2D eigenvalue weighted by atomic mass is 32.2. The maximum Gasteiger partial charge on any atom is 0.347 e. The monoisotopic (exact) mass is 640 g/mol. The van der Waals surface area contributed by atoms with E-state index in [1.165, 1.54) is 12.1 Å². The Morgan fingerprint density at radius 1 is 0.955 bits per heavy atom. The summed E-state index contributed by atoms with van der Waals surface area (Å²) in [7, 11) is -4.98. The van der Waals surface area contributed by atoms with Gasteiger partial charge in [0.1, 0.15) is 5.82 Å². The second-order valence-corrected chi connectivity index (χ2v) is 14.1. The van der Waals surface area contributed by atoms with Gasteiger partial charge in [0.25, 0.3) is 5.91 Å². The Morgan fingerprint density at radius 3 is 2.30 bits per heavy atom. The molecule has 3 aliphatic rings. The van der Waals surface area contributed by atoms with Gasteiger partial charge in [-0.2, -0.15) is 8.78 Å². The molecule has 9 nitrogen and oxygen atoms in total. The number of ether oxygens (including phenoxy) is 1. The number of halogens is 4. The summed E-state index contributed by atoms with van der Waals surface area (Å²) in [6.07, 6.45) is 2.90. The summed E-state index contributed by atoms with van der Waals surface area (Å²) in [5.74, 6) is -6.34. The van der Waals surface area contributed by atoms with E-state index in [0.717, 1.165) is 18.2 Å². The zero-order valence-corrected chi connectivity index (χ0v) is 24.5. The number of sulfone groups is 1. The molecule has 3 aliphatic carbocycles. The van der Waals surface area contributed by atoms with Crippen molar-refractivity contribution in [2.24, 2.45) is 23.7 Å². The average molecular weight is 641 g/mol. The summed E-state index contributed by atoms with van der Waals surface area (Å²) in [6.45, 7) is 0.265. The van der Waals surface area contributed by atoms with Crippen LogP contribution < -0.4 is 15.4 Å². The van der Waals surface area contributed by atoms with E-state index in [2.05, 4.69) is 10.6 Å². The highest BCUT2D eigenvalue weighted by Gasteiger charge is 2.51. The third-order valence-corrected chi connectivity index (χ3v) is 10.8. The SMILES string of the molecule is CC(F)(F)S(=O)(=O)c1cccc(NC(=O)[C@H]2[C@@H]3CC[C@@H](C3)[C@H]2NC(=O)c2cc(OC3CCC(C(=O)O)CC3)c(F)cc2F)c1. The molecular formula is C30H32F4N2O7S. The Bertz CT molecular complexity index is 1570. The van der Waals surface area contributed by atoms with Crippen LogP contribution in [0.1, 0.15) is 62.2 Å². The minimum Gasteiger partial charge on any atom is -0.487 e. The highest BCUT2D eigenvalue weighted by Crippen LogP contribution is 2.49. The predicted molar refractivity (Wildman–Crippen MR) is 149 cm³/mol. The van der Waals surface area contributed by atoms with Crippen molar-refractivity contribution < 1.29 is 50.2 Å². The largest absolute Gasteiger partial charge is 0.487 e. The van der Waals surface area contributed by atoms with Gasteiger partial charge in [0, 0.05) is 24.7 Å². The molecule has 0 radical (unpaired) electrons. The van der Waals surface area contributed by atoms with Crippen molar-refractivity contribution in [1.29, 1.82) is 0 Å². The molecule has 0 heterocycles. The van der Waals surface area contributed by atoms with Gasteiger partial charge in [-0.1, -0.05) is 6.07 Å². The van der Waals surface area contributed by atoms with Crippen LogP contribution in [0.4, 0.5) is 23.2 Å². The number of hydrogen-bond acceptors (Lipinski definition) is 6. The summed E-state index contributed by atoms with van der Waals surface area (Å²) in [4.78, 5) is 37.2. The van der Waals surface area contributed by atoms with Crippen LogP contribution in [0.2, 0.25) is 0 Å². The van der Waals surface area contributed by atoms with E-state index in [1.54, 1.807) is 0 Å². The van der Waals surface area contributed by atoms with Crippen molar-refractivity contribution >= 4 is 33.3 Å². The average Bonchev–Trinajstić information content (AvgIpc) is 3.56. The first kappa shape index (κ1) is 31.7. The van der Waals surface area contributed by atoms with Crippen LogP contribution in [0, 0.1) is 35.3 Å². The Labute approximate surface area is 251 Å². The summed E-state index contributed by atoms with van der Waals surface area (Å²) >= 11 is 0. The van der Waals surface area contributed by atoms with E-state index in [1.807, 2.05) is 0 Å². The number of anilines is 1.